The maximum atomic E-state index is 13.1. The second-order valence-electron chi connectivity index (χ2n) is 7.38. The van der Waals surface area contributed by atoms with Crippen molar-refractivity contribution in [1.29, 1.82) is 0 Å². The Bertz CT molecular complexity index is 1210. The lowest BCUT2D eigenvalue weighted by atomic mass is 10.1. The standard InChI is InChI=1S/C24H23N3O4S/c1-4-30-19-9-7-18(8-10-19)27-15(2)12-17(16(27)3)13-21-22(28)25-24(32)26(23(21)29)14-20-6-5-11-31-20/h5-13H,4,14H2,1-3H3,(H,25,28,32). The second kappa shape index (κ2) is 8.84. The molecule has 2 aromatic heterocycles. The second-order valence-corrected chi connectivity index (χ2v) is 7.76. The van der Waals surface area contributed by atoms with Crippen molar-refractivity contribution in [3.63, 3.8) is 0 Å². The van der Waals surface area contributed by atoms with Crippen LogP contribution >= 0.6 is 12.2 Å². The number of rotatable bonds is 6. The van der Waals surface area contributed by atoms with Crippen LogP contribution in [0.25, 0.3) is 11.8 Å². The fourth-order valence-electron chi connectivity index (χ4n) is 3.74. The van der Waals surface area contributed by atoms with E-state index in [0.29, 0.717) is 12.4 Å². The lowest BCUT2D eigenvalue weighted by molar-refractivity contribution is -0.129. The van der Waals surface area contributed by atoms with Crippen molar-refractivity contribution in [2.45, 2.75) is 27.3 Å². The average molecular weight is 450 g/mol. The molecule has 2 amide bonds. The molecule has 0 spiro atoms. The first kappa shape index (κ1) is 21.6. The summed E-state index contributed by atoms with van der Waals surface area (Å²) in [6.45, 7) is 6.63. The zero-order chi connectivity index (χ0) is 22.8. The van der Waals surface area contributed by atoms with Crippen LogP contribution in [-0.2, 0) is 16.1 Å². The summed E-state index contributed by atoms with van der Waals surface area (Å²) in [7, 11) is 0. The number of aryl methyl sites for hydroxylation is 1. The largest absolute Gasteiger partial charge is 0.494 e. The van der Waals surface area contributed by atoms with E-state index in [1.165, 1.54) is 11.2 Å². The molecule has 0 aliphatic carbocycles. The topological polar surface area (TPSA) is 76.7 Å². The van der Waals surface area contributed by atoms with Crippen LogP contribution in [0, 0.1) is 13.8 Å². The normalized spacial score (nSPS) is 15.4. The summed E-state index contributed by atoms with van der Waals surface area (Å²) < 4.78 is 12.9. The zero-order valence-electron chi connectivity index (χ0n) is 18.0. The van der Waals surface area contributed by atoms with Crippen molar-refractivity contribution in [3.8, 4) is 11.4 Å². The number of hydrogen-bond donors (Lipinski definition) is 1. The molecule has 8 heteroatoms. The van der Waals surface area contributed by atoms with Gasteiger partial charge in [0, 0.05) is 17.1 Å². The fraction of sp³-hybridized carbons (Fsp3) is 0.208. The lowest BCUT2D eigenvalue weighted by Crippen LogP contribution is -2.53. The Morgan fingerprint density at radius 2 is 1.91 bits per heavy atom. The molecule has 32 heavy (non-hydrogen) atoms. The monoisotopic (exact) mass is 449 g/mol. The van der Waals surface area contributed by atoms with Gasteiger partial charge < -0.3 is 13.7 Å². The van der Waals surface area contributed by atoms with Crippen LogP contribution in [0.4, 0.5) is 0 Å². The van der Waals surface area contributed by atoms with E-state index in [4.69, 9.17) is 21.4 Å². The van der Waals surface area contributed by atoms with Crippen LogP contribution in [0.15, 0.2) is 58.7 Å². The van der Waals surface area contributed by atoms with Gasteiger partial charge in [-0.3, -0.25) is 19.8 Å². The van der Waals surface area contributed by atoms with Crippen molar-refractivity contribution in [1.82, 2.24) is 14.8 Å². The molecule has 3 aromatic rings. The highest BCUT2D eigenvalue weighted by Crippen LogP contribution is 2.26. The van der Waals surface area contributed by atoms with E-state index in [1.54, 1.807) is 18.2 Å². The van der Waals surface area contributed by atoms with Gasteiger partial charge in [-0.15, -0.1) is 0 Å². The first-order valence-corrected chi connectivity index (χ1v) is 10.6. The summed E-state index contributed by atoms with van der Waals surface area (Å²) in [6, 6.07) is 13.2. The highest BCUT2D eigenvalue weighted by molar-refractivity contribution is 7.80. The minimum atomic E-state index is -0.512. The summed E-state index contributed by atoms with van der Waals surface area (Å²) in [6.07, 6.45) is 3.14. The van der Waals surface area contributed by atoms with Gasteiger partial charge in [0.1, 0.15) is 17.1 Å². The predicted octanol–water partition coefficient (Wildman–Crippen LogP) is 3.91. The number of hydrogen-bond acceptors (Lipinski definition) is 5. The third-order valence-electron chi connectivity index (χ3n) is 5.26. The molecule has 0 atom stereocenters. The first-order chi connectivity index (χ1) is 15.4. The summed E-state index contributed by atoms with van der Waals surface area (Å²) in [5.74, 6) is 0.408. The highest BCUT2D eigenvalue weighted by atomic mass is 32.1. The lowest BCUT2D eigenvalue weighted by Gasteiger charge is -2.28. The minimum absolute atomic E-state index is 0.0251. The number of carbonyl (C=O) groups excluding carboxylic acids is 2. The van der Waals surface area contributed by atoms with Gasteiger partial charge in [-0.2, -0.15) is 0 Å². The number of nitrogens with zero attached hydrogens (tertiary/aromatic N) is 2. The van der Waals surface area contributed by atoms with Crippen molar-refractivity contribution in [2.75, 3.05) is 6.61 Å². The summed E-state index contributed by atoms with van der Waals surface area (Å²) >= 11 is 5.21. The van der Waals surface area contributed by atoms with Crippen LogP contribution in [0.5, 0.6) is 5.75 Å². The molecular weight excluding hydrogens is 426 g/mol. The number of thiocarbonyl (C=S) groups is 1. The van der Waals surface area contributed by atoms with Crippen LogP contribution in [0.3, 0.4) is 0 Å². The van der Waals surface area contributed by atoms with Crippen molar-refractivity contribution in [2.24, 2.45) is 0 Å². The SMILES string of the molecule is CCOc1ccc(-n2c(C)cc(C=C3C(=O)NC(=S)N(Cc4ccco4)C3=O)c2C)cc1. The molecule has 0 saturated carbocycles. The highest BCUT2D eigenvalue weighted by Gasteiger charge is 2.34. The number of amides is 2. The van der Waals surface area contributed by atoms with Crippen LogP contribution in [0.1, 0.15) is 29.6 Å². The number of furan rings is 1. The Labute approximate surface area is 191 Å². The molecule has 1 aliphatic rings. The van der Waals surface area contributed by atoms with E-state index in [-0.39, 0.29) is 17.2 Å². The van der Waals surface area contributed by atoms with E-state index in [9.17, 15) is 9.59 Å². The summed E-state index contributed by atoms with van der Waals surface area (Å²) in [5, 5.41) is 2.66. The van der Waals surface area contributed by atoms with Gasteiger partial charge in [0.15, 0.2) is 5.11 Å². The Hall–Kier alpha value is -3.65. The summed E-state index contributed by atoms with van der Waals surface area (Å²) in [4.78, 5) is 27.0. The minimum Gasteiger partial charge on any atom is -0.494 e. The smallest absolute Gasteiger partial charge is 0.266 e. The molecule has 0 bridgehead atoms. The molecule has 3 heterocycles. The van der Waals surface area contributed by atoms with Gasteiger partial charge in [-0.25, -0.2) is 0 Å². The van der Waals surface area contributed by atoms with Crippen molar-refractivity contribution < 1.29 is 18.7 Å². The Kier molecular flexibility index (Phi) is 5.96. The molecule has 1 aliphatic heterocycles. The van der Waals surface area contributed by atoms with Crippen molar-refractivity contribution >= 4 is 35.2 Å². The third kappa shape index (κ3) is 4.09. The molecule has 1 fully saturated rings. The molecule has 1 N–H and O–H groups in total. The number of ether oxygens (including phenoxy) is 1. The van der Waals surface area contributed by atoms with E-state index >= 15 is 0 Å². The fourth-order valence-corrected chi connectivity index (χ4v) is 3.98. The predicted molar refractivity (Wildman–Crippen MR) is 124 cm³/mol. The number of nitrogens with one attached hydrogen (secondary N) is 1. The van der Waals surface area contributed by atoms with Gasteiger partial charge in [-0.05, 0) is 87.1 Å². The molecule has 0 radical (unpaired) electrons. The van der Waals surface area contributed by atoms with Gasteiger partial charge >= 0.3 is 0 Å². The molecule has 1 saturated heterocycles. The Morgan fingerprint density at radius 1 is 1.16 bits per heavy atom. The third-order valence-corrected chi connectivity index (χ3v) is 5.58. The zero-order valence-corrected chi connectivity index (χ0v) is 18.9. The van der Waals surface area contributed by atoms with E-state index in [2.05, 4.69) is 9.88 Å². The van der Waals surface area contributed by atoms with Crippen LogP contribution in [0.2, 0.25) is 0 Å². The summed E-state index contributed by atoms with van der Waals surface area (Å²) in [5.41, 5.74) is 3.65. The molecular formula is C24H23N3O4S. The van der Waals surface area contributed by atoms with Gasteiger partial charge in [0.05, 0.1) is 19.4 Å². The molecule has 0 unspecified atom stereocenters. The average Bonchev–Trinajstić information content (AvgIpc) is 3.37. The Morgan fingerprint density at radius 3 is 2.56 bits per heavy atom. The van der Waals surface area contributed by atoms with Crippen LogP contribution < -0.4 is 10.1 Å². The van der Waals surface area contributed by atoms with Crippen molar-refractivity contribution in [3.05, 3.63) is 77.0 Å². The maximum absolute atomic E-state index is 13.1. The molecule has 1 aromatic carbocycles. The molecule has 7 nitrogen and oxygen atoms in total. The molecule has 164 valence electrons. The van der Waals surface area contributed by atoms with Crippen LogP contribution in [-0.4, -0.2) is 33.0 Å². The van der Waals surface area contributed by atoms with E-state index < -0.39 is 11.8 Å². The number of carbonyl (C=O) groups is 2. The van der Waals surface area contributed by atoms with Gasteiger partial charge in [0.25, 0.3) is 11.8 Å². The Balaban J connectivity index is 1.66. The number of benzene rings is 1. The van der Waals surface area contributed by atoms with E-state index in [0.717, 1.165) is 28.4 Å². The quantitative estimate of drug-likeness (QED) is 0.351. The maximum Gasteiger partial charge on any atom is 0.266 e. The van der Waals surface area contributed by atoms with Gasteiger partial charge in [-0.1, -0.05) is 0 Å². The van der Waals surface area contributed by atoms with Gasteiger partial charge in [0.2, 0.25) is 0 Å². The number of aromatic nitrogens is 1. The first-order valence-electron chi connectivity index (χ1n) is 10.2. The van der Waals surface area contributed by atoms with E-state index in [1.807, 2.05) is 51.1 Å². The molecule has 4 rings (SSSR count).